The van der Waals surface area contributed by atoms with Crippen LogP contribution in [0.15, 0.2) is 63.1 Å². The Morgan fingerprint density at radius 2 is 2.07 bits per heavy atom. The Bertz CT molecular complexity index is 964. The summed E-state index contributed by atoms with van der Waals surface area (Å²) < 4.78 is 5.19. The second-order valence-electron chi connectivity index (χ2n) is 7.44. The molecule has 3 rings (SSSR count). The maximum atomic E-state index is 5.19. The third-order valence-corrected chi connectivity index (χ3v) is 6.74. The molecule has 28 heavy (non-hydrogen) atoms. The third kappa shape index (κ3) is 4.86. The maximum absolute atomic E-state index is 5.19. The van der Waals surface area contributed by atoms with Gasteiger partial charge in [-0.15, -0.1) is 0 Å². The number of rotatable bonds is 4. The van der Waals surface area contributed by atoms with Crippen molar-refractivity contribution in [2.24, 2.45) is 10.4 Å². The molecule has 6 heteroatoms. The molecule has 0 radical (unpaired) electrons. The molecule has 1 aromatic heterocycles. The number of benzene rings is 1. The van der Waals surface area contributed by atoms with Gasteiger partial charge >= 0.3 is 0 Å². The first kappa shape index (κ1) is 20.7. The number of aliphatic imine (C=N–C) groups is 1. The van der Waals surface area contributed by atoms with Crippen LogP contribution in [0.25, 0.3) is 0 Å². The topological polar surface area (TPSA) is 47.4 Å². The molecule has 0 amide bonds. The first-order valence-electron chi connectivity index (χ1n) is 9.05. The van der Waals surface area contributed by atoms with E-state index in [1.54, 1.807) is 31.1 Å². The second kappa shape index (κ2) is 8.53. The van der Waals surface area contributed by atoms with E-state index in [-0.39, 0.29) is 5.41 Å². The van der Waals surface area contributed by atoms with Crippen molar-refractivity contribution in [1.82, 2.24) is 9.97 Å². The highest BCUT2D eigenvalue weighted by Gasteiger charge is 2.32. The molecule has 2 aromatic rings. The lowest BCUT2D eigenvalue weighted by atomic mass is 9.85. The van der Waals surface area contributed by atoms with E-state index in [0.29, 0.717) is 11.0 Å². The molecule has 1 saturated heterocycles. The average molecular weight is 412 g/mol. The lowest BCUT2D eigenvalue weighted by Gasteiger charge is -2.33. The number of aromatic nitrogens is 2. The van der Waals surface area contributed by atoms with Gasteiger partial charge < -0.3 is 4.74 Å². The van der Waals surface area contributed by atoms with Gasteiger partial charge in [-0.25, -0.2) is 9.98 Å². The van der Waals surface area contributed by atoms with Gasteiger partial charge in [0.1, 0.15) is 5.04 Å². The van der Waals surface area contributed by atoms with Gasteiger partial charge in [-0.1, -0.05) is 61.6 Å². The summed E-state index contributed by atoms with van der Waals surface area (Å²) in [4.78, 5) is 14.8. The van der Waals surface area contributed by atoms with Crippen LogP contribution >= 0.6 is 23.5 Å². The minimum Gasteiger partial charge on any atom is -0.481 e. The molecule has 2 heterocycles. The smallest absolute Gasteiger partial charge is 0.217 e. The lowest BCUT2D eigenvalue weighted by Crippen LogP contribution is -2.22. The van der Waals surface area contributed by atoms with Gasteiger partial charge in [0.25, 0.3) is 0 Å². The zero-order valence-electron chi connectivity index (χ0n) is 16.9. The van der Waals surface area contributed by atoms with Crippen molar-refractivity contribution in [3.05, 3.63) is 64.1 Å². The van der Waals surface area contributed by atoms with Gasteiger partial charge in [-0.05, 0) is 53.2 Å². The van der Waals surface area contributed by atoms with E-state index in [4.69, 9.17) is 9.73 Å². The van der Waals surface area contributed by atoms with Crippen LogP contribution in [0.4, 0.5) is 5.69 Å². The van der Waals surface area contributed by atoms with Crippen molar-refractivity contribution in [2.75, 3.05) is 7.11 Å². The molecule has 1 aliphatic rings. The summed E-state index contributed by atoms with van der Waals surface area (Å²) in [7, 11) is 1.61. The molecule has 1 fully saturated rings. The standard InChI is InChI=1S/C22H25N3OS2/c1-14-7-8-18(15(2)11-14)24-20-17(12-22(4,5)16(3)28-20)13-27-21-23-10-9-19(25-21)26-6/h7-11,13H,3,12H2,1-2,4-6H3/b17-13+,24-20-. The molecule has 4 nitrogen and oxygen atoms in total. The summed E-state index contributed by atoms with van der Waals surface area (Å²) in [5, 5.41) is 3.76. The summed E-state index contributed by atoms with van der Waals surface area (Å²) in [5.41, 5.74) is 4.59. The molecular weight excluding hydrogens is 386 g/mol. The maximum Gasteiger partial charge on any atom is 0.217 e. The Balaban J connectivity index is 1.95. The van der Waals surface area contributed by atoms with E-state index < -0.39 is 0 Å². The van der Waals surface area contributed by atoms with Gasteiger partial charge in [0.15, 0.2) is 5.16 Å². The molecule has 0 N–H and O–H groups in total. The Labute approximate surface area is 175 Å². The van der Waals surface area contributed by atoms with Crippen molar-refractivity contribution in [1.29, 1.82) is 0 Å². The summed E-state index contributed by atoms with van der Waals surface area (Å²) in [6, 6.07) is 8.08. The quantitative estimate of drug-likeness (QED) is 0.425. The SMILES string of the molecule is C=C1SC(=N\c2ccc(C)cc2C)/C(=C/Sc2nccc(OC)n2)CC1(C)C. The summed E-state index contributed by atoms with van der Waals surface area (Å²) in [6.45, 7) is 12.9. The van der Waals surface area contributed by atoms with E-state index in [9.17, 15) is 0 Å². The molecule has 1 aliphatic heterocycles. The molecule has 1 aromatic carbocycles. The average Bonchev–Trinajstić information content (AvgIpc) is 2.65. The second-order valence-corrected chi connectivity index (χ2v) is 9.36. The summed E-state index contributed by atoms with van der Waals surface area (Å²) in [5.74, 6) is 0.562. The first-order chi connectivity index (χ1) is 13.3. The Morgan fingerprint density at radius 1 is 1.29 bits per heavy atom. The van der Waals surface area contributed by atoms with Crippen molar-refractivity contribution >= 4 is 34.3 Å². The molecular formula is C22H25N3OS2. The molecule has 0 saturated carbocycles. The fraction of sp³-hybridized carbons (Fsp3) is 0.318. The van der Waals surface area contributed by atoms with Crippen LogP contribution < -0.4 is 4.74 Å². The normalized spacial score (nSPS) is 19.2. The predicted molar refractivity (Wildman–Crippen MR) is 121 cm³/mol. The lowest BCUT2D eigenvalue weighted by molar-refractivity contribution is 0.392. The molecule has 0 bridgehead atoms. The molecule has 146 valence electrons. The highest BCUT2D eigenvalue weighted by molar-refractivity contribution is 8.17. The molecule has 0 aliphatic carbocycles. The van der Waals surface area contributed by atoms with E-state index in [2.05, 4.69) is 67.8 Å². The zero-order chi connectivity index (χ0) is 20.3. The third-order valence-electron chi connectivity index (χ3n) is 4.58. The van der Waals surface area contributed by atoms with E-state index in [1.807, 2.05) is 0 Å². The van der Waals surface area contributed by atoms with Crippen molar-refractivity contribution in [3.8, 4) is 5.88 Å². The molecule has 0 atom stereocenters. The number of ether oxygens (including phenoxy) is 1. The van der Waals surface area contributed by atoms with Gasteiger partial charge in [0, 0.05) is 12.3 Å². The van der Waals surface area contributed by atoms with Crippen LogP contribution in [0.5, 0.6) is 5.88 Å². The van der Waals surface area contributed by atoms with Crippen LogP contribution in [-0.4, -0.2) is 22.1 Å². The van der Waals surface area contributed by atoms with Gasteiger partial charge in [-0.2, -0.15) is 4.98 Å². The number of hydrogen-bond acceptors (Lipinski definition) is 6. The van der Waals surface area contributed by atoms with Crippen LogP contribution in [0.2, 0.25) is 0 Å². The number of methoxy groups -OCH3 is 1. The number of aryl methyl sites for hydroxylation is 2. The summed E-state index contributed by atoms with van der Waals surface area (Å²) in [6.07, 6.45) is 2.58. The monoisotopic (exact) mass is 411 g/mol. The van der Waals surface area contributed by atoms with Gasteiger partial charge in [0.05, 0.1) is 12.8 Å². The van der Waals surface area contributed by atoms with Crippen molar-refractivity contribution in [3.63, 3.8) is 0 Å². The van der Waals surface area contributed by atoms with Crippen molar-refractivity contribution in [2.45, 2.75) is 39.3 Å². The first-order valence-corrected chi connectivity index (χ1v) is 10.7. The van der Waals surface area contributed by atoms with Crippen LogP contribution in [0, 0.1) is 19.3 Å². The Hall–Kier alpha value is -2.05. The minimum atomic E-state index is 0.00758. The molecule has 0 spiro atoms. The Kier molecular flexibility index (Phi) is 6.30. The summed E-state index contributed by atoms with van der Waals surface area (Å²) >= 11 is 3.15. The highest BCUT2D eigenvalue weighted by atomic mass is 32.2. The Morgan fingerprint density at radius 3 is 2.79 bits per heavy atom. The predicted octanol–water partition coefficient (Wildman–Crippen LogP) is 6.49. The van der Waals surface area contributed by atoms with E-state index in [1.165, 1.54) is 28.5 Å². The van der Waals surface area contributed by atoms with E-state index >= 15 is 0 Å². The number of nitrogens with zero attached hydrogens (tertiary/aromatic N) is 3. The van der Waals surface area contributed by atoms with Gasteiger partial charge in [0.2, 0.25) is 5.88 Å². The highest BCUT2D eigenvalue weighted by Crippen LogP contribution is 2.48. The minimum absolute atomic E-state index is 0.00758. The van der Waals surface area contributed by atoms with Gasteiger partial charge in [-0.3, -0.25) is 0 Å². The largest absolute Gasteiger partial charge is 0.481 e. The van der Waals surface area contributed by atoms with Crippen LogP contribution in [-0.2, 0) is 0 Å². The van der Waals surface area contributed by atoms with Crippen LogP contribution in [0.3, 0.4) is 0 Å². The number of allylic oxidation sites excluding steroid dienone is 1. The number of hydrogen-bond donors (Lipinski definition) is 0. The number of thioether (sulfide) groups is 2. The fourth-order valence-corrected chi connectivity index (χ4v) is 4.59. The fourth-order valence-electron chi connectivity index (χ4n) is 2.82. The molecule has 0 unspecified atom stereocenters. The van der Waals surface area contributed by atoms with Crippen molar-refractivity contribution < 1.29 is 4.74 Å². The zero-order valence-corrected chi connectivity index (χ0v) is 18.6. The van der Waals surface area contributed by atoms with E-state index in [0.717, 1.165) is 22.1 Å². The van der Waals surface area contributed by atoms with Crippen LogP contribution in [0.1, 0.15) is 31.4 Å².